The van der Waals surface area contributed by atoms with Crippen molar-refractivity contribution in [1.29, 1.82) is 0 Å². The third-order valence-corrected chi connectivity index (χ3v) is 2.51. The zero-order chi connectivity index (χ0) is 12.1. The summed E-state index contributed by atoms with van der Waals surface area (Å²) >= 11 is 0. The zero-order valence-corrected chi connectivity index (χ0v) is 10.1. The molecule has 3 heteroatoms. The normalized spacial score (nSPS) is 10.2. The summed E-state index contributed by atoms with van der Waals surface area (Å²) in [5.74, 6) is 2.51. The van der Waals surface area contributed by atoms with Gasteiger partial charge in [0.1, 0.15) is 5.69 Å². The quantitative estimate of drug-likeness (QED) is 0.711. The van der Waals surface area contributed by atoms with Crippen LogP contribution in [0.1, 0.15) is 37.3 Å². The third-order valence-electron chi connectivity index (χ3n) is 2.51. The number of aromatic nitrogens is 1. The standard InChI is InChI=1S/C13H18N2O/c1-5-9-14(6-2)13(16)12-8-7-10-15(12)11(3)4/h1,7-8,10-11H,6,9H2,2-4H3. The first-order valence-electron chi connectivity index (χ1n) is 5.51. The Balaban J connectivity index is 2.95. The van der Waals surface area contributed by atoms with Crippen molar-refractivity contribution in [2.75, 3.05) is 13.1 Å². The van der Waals surface area contributed by atoms with E-state index in [4.69, 9.17) is 6.42 Å². The largest absolute Gasteiger partial charge is 0.341 e. The number of hydrogen-bond acceptors (Lipinski definition) is 1. The Hall–Kier alpha value is -1.69. The molecular weight excluding hydrogens is 200 g/mol. The van der Waals surface area contributed by atoms with E-state index in [1.54, 1.807) is 4.90 Å². The Morgan fingerprint density at radius 1 is 1.62 bits per heavy atom. The van der Waals surface area contributed by atoms with Gasteiger partial charge >= 0.3 is 0 Å². The summed E-state index contributed by atoms with van der Waals surface area (Å²) in [5, 5.41) is 0. The molecule has 3 nitrogen and oxygen atoms in total. The van der Waals surface area contributed by atoms with Gasteiger partial charge in [-0.2, -0.15) is 0 Å². The maximum absolute atomic E-state index is 12.2. The summed E-state index contributed by atoms with van der Waals surface area (Å²) in [5.41, 5.74) is 0.701. The smallest absolute Gasteiger partial charge is 0.271 e. The van der Waals surface area contributed by atoms with E-state index in [-0.39, 0.29) is 11.9 Å². The first-order valence-corrected chi connectivity index (χ1v) is 5.51. The number of nitrogens with zero attached hydrogens (tertiary/aromatic N) is 2. The number of hydrogen-bond donors (Lipinski definition) is 0. The van der Waals surface area contributed by atoms with Crippen LogP contribution in [0, 0.1) is 12.3 Å². The van der Waals surface area contributed by atoms with Crippen LogP contribution in [0.2, 0.25) is 0 Å². The van der Waals surface area contributed by atoms with Crippen LogP contribution < -0.4 is 0 Å². The van der Waals surface area contributed by atoms with Crippen LogP contribution in [0.15, 0.2) is 18.3 Å². The first-order chi connectivity index (χ1) is 7.61. The van der Waals surface area contributed by atoms with Crippen LogP contribution >= 0.6 is 0 Å². The van der Waals surface area contributed by atoms with Gasteiger partial charge in [0.25, 0.3) is 5.91 Å². The topological polar surface area (TPSA) is 25.2 Å². The van der Waals surface area contributed by atoms with E-state index in [1.165, 1.54) is 0 Å². The minimum absolute atomic E-state index is 0.000787. The molecule has 0 atom stereocenters. The highest BCUT2D eigenvalue weighted by Gasteiger charge is 2.17. The van der Waals surface area contributed by atoms with Crippen molar-refractivity contribution in [2.24, 2.45) is 0 Å². The van der Waals surface area contributed by atoms with Crippen molar-refractivity contribution in [3.8, 4) is 12.3 Å². The number of terminal acetylenes is 1. The number of carbonyl (C=O) groups excluding carboxylic acids is 1. The Labute approximate surface area is 97.1 Å². The molecule has 1 amide bonds. The fraction of sp³-hybridized carbons (Fsp3) is 0.462. The molecule has 0 radical (unpaired) electrons. The van der Waals surface area contributed by atoms with E-state index in [9.17, 15) is 4.79 Å². The van der Waals surface area contributed by atoms with E-state index in [0.717, 1.165) is 0 Å². The van der Waals surface area contributed by atoms with Crippen molar-refractivity contribution in [1.82, 2.24) is 9.47 Å². The van der Waals surface area contributed by atoms with Crippen LogP contribution in [-0.4, -0.2) is 28.5 Å². The lowest BCUT2D eigenvalue weighted by atomic mass is 10.3. The molecule has 86 valence electrons. The molecule has 0 unspecified atom stereocenters. The molecule has 0 aliphatic heterocycles. The molecule has 0 N–H and O–H groups in total. The average molecular weight is 218 g/mol. The maximum Gasteiger partial charge on any atom is 0.271 e. The van der Waals surface area contributed by atoms with E-state index in [2.05, 4.69) is 5.92 Å². The number of amides is 1. The Kier molecular flexibility index (Phi) is 4.19. The molecule has 1 heterocycles. The van der Waals surface area contributed by atoms with Crippen LogP contribution in [0.3, 0.4) is 0 Å². The van der Waals surface area contributed by atoms with Crippen LogP contribution in [0.25, 0.3) is 0 Å². The van der Waals surface area contributed by atoms with E-state index in [0.29, 0.717) is 18.8 Å². The number of rotatable bonds is 4. The van der Waals surface area contributed by atoms with Gasteiger partial charge in [0, 0.05) is 18.8 Å². The maximum atomic E-state index is 12.2. The Bertz CT molecular complexity index is 398. The predicted octanol–water partition coefficient (Wildman–Crippen LogP) is 2.16. The lowest BCUT2D eigenvalue weighted by molar-refractivity contribution is 0.0772. The average Bonchev–Trinajstić information content (AvgIpc) is 2.73. The van der Waals surface area contributed by atoms with Crippen molar-refractivity contribution in [2.45, 2.75) is 26.8 Å². The summed E-state index contributed by atoms with van der Waals surface area (Å²) < 4.78 is 1.96. The molecule has 1 rings (SSSR count). The molecule has 1 aromatic rings. The second kappa shape index (κ2) is 5.41. The van der Waals surface area contributed by atoms with Crippen LogP contribution in [0.4, 0.5) is 0 Å². The summed E-state index contributed by atoms with van der Waals surface area (Å²) in [6.07, 6.45) is 7.16. The Morgan fingerprint density at radius 2 is 2.31 bits per heavy atom. The van der Waals surface area contributed by atoms with Gasteiger partial charge in [-0.15, -0.1) is 6.42 Å². The monoisotopic (exact) mass is 218 g/mol. The molecular formula is C13H18N2O. The van der Waals surface area contributed by atoms with E-state index in [1.807, 2.05) is 43.7 Å². The summed E-state index contributed by atoms with van der Waals surface area (Å²) in [6.45, 7) is 7.02. The highest BCUT2D eigenvalue weighted by Crippen LogP contribution is 2.12. The van der Waals surface area contributed by atoms with Gasteiger partial charge in [-0.3, -0.25) is 4.79 Å². The molecule has 16 heavy (non-hydrogen) atoms. The first kappa shape index (κ1) is 12.4. The highest BCUT2D eigenvalue weighted by molar-refractivity contribution is 5.93. The summed E-state index contributed by atoms with van der Waals surface area (Å²) in [4.78, 5) is 13.8. The second-order valence-electron chi connectivity index (χ2n) is 3.92. The molecule has 0 aliphatic carbocycles. The van der Waals surface area contributed by atoms with Gasteiger partial charge in [-0.25, -0.2) is 0 Å². The molecule has 1 aromatic heterocycles. The van der Waals surface area contributed by atoms with Gasteiger partial charge in [0.05, 0.1) is 6.54 Å². The number of carbonyl (C=O) groups is 1. The zero-order valence-electron chi connectivity index (χ0n) is 10.1. The minimum atomic E-state index is -0.000787. The van der Waals surface area contributed by atoms with Crippen LogP contribution in [-0.2, 0) is 0 Å². The predicted molar refractivity (Wildman–Crippen MR) is 65.2 cm³/mol. The molecule has 0 saturated carbocycles. The van der Waals surface area contributed by atoms with Crippen molar-refractivity contribution < 1.29 is 4.79 Å². The second-order valence-corrected chi connectivity index (χ2v) is 3.92. The van der Waals surface area contributed by atoms with Gasteiger partial charge in [-0.1, -0.05) is 5.92 Å². The Morgan fingerprint density at radius 3 is 2.81 bits per heavy atom. The van der Waals surface area contributed by atoms with Crippen molar-refractivity contribution in [3.63, 3.8) is 0 Å². The van der Waals surface area contributed by atoms with Gasteiger partial charge in [0.15, 0.2) is 0 Å². The van der Waals surface area contributed by atoms with Gasteiger partial charge < -0.3 is 9.47 Å². The SMILES string of the molecule is C#CCN(CC)C(=O)c1cccn1C(C)C. The third kappa shape index (κ3) is 2.46. The highest BCUT2D eigenvalue weighted by atomic mass is 16.2. The lowest BCUT2D eigenvalue weighted by Gasteiger charge is -2.20. The summed E-state index contributed by atoms with van der Waals surface area (Å²) in [7, 11) is 0. The summed E-state index contributed by atoms with van der Waals surface area (Å²) in [6, 6.07) is 4.00. The molecule has 0 aliphatic rings. The minimum Gasteiger partial charge on any atom is -0.341 e. The molecule has 0 aromatic carbocycles. The van der Waals surface area contributed by atoms with E-state index >= 15 is 0 Å². The molecule has 0 fully saturated rings. The van der Waals surface area contributed by atoms with Crippen molar-refractivity contribution >= 4 is 5.91 Å². The van der Waals surface area contributed by atoms with Crippen LogP contribution in [0.5, 0.6) is 0 Å². The van der Waals surface area contributed by atoms with E-state index < -0.39 is 0 Å². The molecule has 0 saturated heterocycles. The van der Waals surface area contributed by atoms with Crippen molar-refractivity contribution in [3.05, 3.63) is 24.0 Å². The molecule has 0 bridgehead atoms. The fourth-order valence-corrected chi connectivity index (χ4v) is 1.62. The van der Waals surface area contributed by atoms with Gasteiger partial charge in [0.2, 0.25) is 0 Å². The van der Waals surface area contributed by atoms with Gasteiger partial charge in [-0.05, 0) is 32.9 Å². The lowest BCUT2D eigenvalue weighted by Crippen LogP contribution is -2.32. The molecule has 0 spiro atoms. The fourth-order valence-electron chi connectivity index (χ4n) is 1.62.